The van der Waals surface area contributed by atoms with Gasteiger partial charge in [0.15, 0.2) is 0 Å². The fraction of sp³-hybridized carbons (Fsp3) is 0. The predicted molar refractivity (Wildman–Crippen MR) is 103 cm³/mol. The van der Waals surface area contributed by atoms with Crippen LogP contribution in [-0.2, 0) is 0 Å². The summed E-state index contributed by atoms with van der Waals surface area (Å²) in [4.78, 5) is 6.83. The summed E-state index contributed by atoms with van der Waals surface area (Å²) in [5.74, 6) is 0. The Bertz CT molecular complexity index is 796. The Kier molecular flexibility index (Phi) is 5.55. The van der Waals surface area contributed by atoms with E-state index < -0.39 is 0 Å². The van der Waals surface area contributed by atoms with E-state index in [1.165, 1.54) is 9.79 Å². The van der Waals surface area contributed by atoms with Crippen LogP contribution in [0.15, 0.2) is 92.1 Å². The molecule has 0 spiro atoms. The maximum absolute atomic E-state index is 5.90. The summed E-state index contributed by atoms with van der Waals surface area (Å²) in [6.07, 6.45) is 1.87. The number of rotatable bonds is 4. The maximum atomic E-state index is 5.90. The first kappa shape index (κ1) is 16.3. The quantitative estimate of drug-likeness (QED) is 0.428. The lowest BCUT2D eigenvalue weighted by Gasteiger charge is -2.02. The first-order valence-electron chi connectivity index (χ1n) is 7.02. The second-order valence-electron chi connectivity index (χ2n) is 4.86. The highest BCUT2D eigenvalue weighted by molar-refractivity contribution is 9.10. The average molecular weight is 403 g/mol. The van der Waals surface area contributed by atoms with E-state index in [1.807, 2.05) is 54.7 Å². The molecule has 0 aliphatic heterocycles. The van der Waals surface area contributed by atoms with E-state index in [0.717, 1.165) is 20.7 Å². The molecule has 0 heterocycles. The smallest absolute Gasteiger partial charge is 0.0630 e. The van der Waals surface area contributed by atoms with Gasteiger partial charge >= 0.3 is 0 Å². The largest absolute Gasteiger partial charge is 0.256 e. The van der Waals surface area contributed by atoms with Gasteiger partial charge in [-0.15, -0.1) is 0 Å². The number of halogens is 2. The molecule has 0 bridgehead atoms. The molecule has 0 aliphatic carbocycles. The summed E-state index contributed by atoms with van der Waals surface area (Å²) in [5, 5.41) is 0.758. The van der Waals surface area contributed by atoms with Crippen molar-refractivity contribution in [2.75, 3.05) is 0 Å². The van der Waals surface area contributed by atoms with Gasteiger partial charge in [-0.3, -0.25) is 4.99 Å². The van der Waals surface area contributed by atoms with E-state index >= 15 is 0 Å². The van der Waals surface area contributed by atoms with E-state index in [2.05, 4.69) is 45.2 Å². The molecule has 0 atom stereocenters. The summed E-state index contributed by atoms with van der Waals surface area (Å²) in [7, 11) is 0. The zero-order valence-electron chi connectivity index (χ0n) is 12.1. The molecule has 0 radical (unpaired) electrons. The van der Waals surface area contributed by atoms with Crippen LogP contribution in [0.5, 0.6) is 0 Å². The molecule has 3 rings (SSSR count). The van der Waals surface area contributed by atoms with Crippen LogP contribution in [-0.4, -0.2) is 6.21 Å². The third-order valence-corrected chi connectivity index (χ3v) is 4.92. The summed E-state index contributed by atoms with van der Waals surface area (Å²) in [5.41, 5.74) is 2.01. The lowest BCUT2D eigenvalue weighted by Crippen LogP contribution is -1.81. The SMILES string of the molecule is Clc1ccc(Sc2ccc(C=Nc3ccc(Br)cc3)cc2)cc1. The third-order valence-electron chi connectivity index (χ3n) is 3.12. The van der Waals surface area contributed by atoms with Crippen molar-refractivity contribution in [3.8, 4) is 0 Å². The van der Waals surface area contributed by atoms with Gasteiger partial charge in [0, 0.05) is 25.5 Å². The Balaban J connectivity index is 1.67. The molecular formula is C19H13BrClNS. The minimum atomic E-state index is 0.758. The number of hydrogen-bond acceptors (Lipinski definition) is 2. The van der Waals surface area contributed by atoms with E-state index in [4.69, 9.17) is 11.6 Å². The van der Waals surface area contributed by atoms with Crippen LogP contribution in [0.2, 0.25) is 5.02 Å². The minimum Gasteiger partial charge on any atom is -0.256 e. The average Bonchev–Trinajstić information content (AvgIpc) is 2.58. The van der Waals surface area contributed by atoms with E-state index in [-0.39, 0.29) is 0 Å². The Hall–Kier alpha value is -1.55. The number of aliphatic imine (C=N–C) groups is 1. The molecular weight excluding hydrogens is 390 g/mol. The van der Waals surface area contributed by atoms with Crippen molar-refractivity contribution in [1.29, 1.82) is 0 Å². The van der Waals surface area contributed by atoms with E-state index in [9.17, 15) is 0 Å². The first-order valence-corrected chi connectivity index (χ1v) is 9.01. The topological polar surface area (TPSA) is 12.4 Å². The highest BCUT2D eigenvalue weighted by Crippen LogP contribution is 2.28. The molecule has 0 fully saturated rings. The van der Waals surface area contributed by atoms with Crippen molar-refractivity contribution >= 4 is 51.2 Å². The number of hydrogen-bond donors (Lipinski definition) is 0. The summed E-state index contributed by atoms with van der Waals surface area (Å²) in [6, 6.07) is 24.1. The molecule has 0 saturated carbocycles. The highest BCUT2D eigenvalue weighted by Gasteiger charge is 1.98. The third kappa shape index (κ3) is 4.96. The van der Waals surface area contributed by atoms with Crippen molar-refractivity contribution in [3.63, 3.8) is 0 Å². The molecule has 4 heteroatoms. The second-order valence-corrected chi connectivity index (χ2v) is 7.36. The van der Waals surface area contributed by atoms with Gasteiger partial charge < -0.3 is 0 Å². The fourth-order valence-corrected chi connectivity index (χ4v) is 3.14. The van der Waals surface area contributed by atoms with Gasteiger partial charge in [-0.2, -0.15) is 0 Å². The standard InChI is InChI=1S/C19H13BrClNS/c20-15-3-7-17(8-4-15)22-13-14-1-9-18(10-2-14)23-19-11-5-16(21)6-12-19/h1-13H. The van der Waals surface area contributed by atoms with Crippen LogP contribution in [0.4, 0.5) is 5.69 Å². The van der Waals surface area contributed by atoms with E-state index in [0.29, 0.717) is 0 Å². The zero-order valence-corrected chi connectivity index (χ0v) is 15.3. The first-order chi connectivity index (χ1) is 11.2. The van der Waals surface area contributed by atoms with Crippen molar-refractivity contribution in [2.45, 2.75) is 9.79 Å². The van der Waals surface area contributed by atoms with Crippen LogP contribution in [0.25, 0.3) is 0 Å². The second kappa shape index (κ2) is 7.82. The Labute approximate surface area is 153 Å². The molecule has 0 aliphatic rings. The maximum Gasteiger partial charge on any atom is 0.0630 e. The monoisotopic (exact) mass is 401 g/mol. The van der Waals surface area contributed by atoms with Gasteiger partial charge in [-0.1, -0.05) is 51.4 Å². The Morgan fingerprint density at radius 3 is 1.96 bits per heavy atom. The van der Waals surface area contributed by atoms with Gasteiger partial charge in [-0.25, -0.2) is 0 Å². The molecule has 114 valence electrons. The van der Waals surface area contributed by atoms with Crippen molar-refractivity contribution in [3.05, 3.63) is 87.9 Å². The van der Waals surface area contributed by atoms with Crippen LogP contribution in [0, 0.1) is 0 Å². The Morgan fingerprint density at radius 2 is 1.35 bits per heavy atom. The molecule has 0 N–H and O–H groups in total. The lowest BCUT2D eigenvalue weighted by molar-refractivity contribution is 1.40. The minimum absolute atomic E-state index is 0.758. The molecule has 23 heavy (non-hydrogen) atoms. The van der Waals surface area contributed by atoms with Crippen molar-refractivity contribution in [1.82, 2.24) is 0 Å². The van der Waals surface area contributed by atoms with Gasteiger partial charge in [-0.05, 0) is 66.2 Å². The molecule has 0 amide bonds. The van der Waals surface area contributed by atoms with E-state index in [1.54, 1.807) is 11.8 Å². The molecule has 1 nitrogen and oxygen atoms in total. The van der Waals surface area contributed by atoms with Crippen LogP contribution >= 0.6 is 39.3 Å². The summed E-state index contributed by atoms with van der Waals surface area (Å²) < 4.78 is 1.06. The van der Waals surface area contributed by atoms with Crippen LogP contribution < -0.4 is 0 Å². The van der Waals surface area contributed by atoms with Gasteiger partial charge in [0.2, 0.25) is 0 Å². The molecule has 3 aromatic carbocycles. The lowest BCUT2D eigenvalue weighted by atomic mass is 10.2. The van der Waals surface area contributed by atoms with Crippen molar-refractivity contribution < 1.29 is 0 Å². The van der Waals surface area contributed by atoms with Crippen LogP contribution in [0.3, 0.4) is 0 Å². The fourth-order valence-electron chi connectivity index (χ4n) is 1.94. The predicted octanol–water partition coefficient (Wildman–Crippen LogP) is 7.00. The van der Waals surface area contributed by atoms with Crippen LogP contribution in [0.1, 0.15) is 5.56 Å². The van der Waals surface area contributed by atoms with Gasteiger partial charge in [0.25, 0.3) is 0 Å². The number of benzene rings is 3. The molecule has 3 aromatic rings. The molecule has 0 aromatic heterocycles. The van der Waals surface area contributed by atoms with Gasteiger partial charge in [0.1, 0.15) is 0 Å². The number of nitrogens with zero attached hydrogens (tertiary/aromatic N) is 1. The van der Waals surface area contributed by atoms with Gasteiger partial charge in [0.05, 0.1) is 5.69 Å². The molecule has 0 saturated heterocycles. The Morgan fingerprint density at radius 1 is 0.783 bits per heavy atom. The molecule has 0 unspecified atom stereocenters. The zero-order chi connectivity index (χ0) is 16.1. The summed E-state index contributed by atoms with van der Waals surface area (Å²) in [6.45, 7) is 0. The summed E-state index contributed by atoms with van der Waals surface area (Å²) >= 11 is 11.0. The van der Waals surface area contributed by atoms with Crippen molar-refractivity contribution in [2.24, 2.45) is 4.99 Å². The normalized spacial score (nSPS) is 11.0. The highest BCUT2D eigenvalue weighted by atomic mass is 79.9.